The summed E-state index contributed by atoms with van der Waals surface area (Å²) in [6, 6.07) is 12.6. The molecule has 1 amide bonds. The van der Waals surface area contributed by atoms with Gasteiger partial charge in [0.25, 0.3) is 11.7 Å². The van der Waals surface area contributed by atoms with Gasteiger partial charge >= 0.3 is 0 Å². The van der Waals surface area contributed by atoms with Gasteiger partial charge in [-0.25, -0.2) is 12.7 Å². The van der Waals surface area contributed by atoms with E-state index in [0.717, 1.165) is 41.4 Å². The Labute approximate surface area is 212 Å². The van der Waals surface area contributed by atoms with Crippen LogP contribution in [0.25, 0.3) is 5.76 Å². The van der Waals surface area contributed by atoms with Gasteiger partial charge in [-0.3, -0.25) is 9.59 Å². The first-order chi connectivity index (χ1) is 17.1. The minimum Gasteiger partial charge on any atom is -0.507 e. The van der Waals surface area contributed by atoms with Crippen molar-refractivity contribution in [3.8, 4) is 0 Å². The van der Waals surface area contributed by atoms with Crippen LogP contribution in [-0.4, -0.2) is 79.6 Å². The predicted molar refractivity (Wildman–Crippen MR) is 138 cm³/mol. The van der Waals surface area contributed by atoms with Crippen LogP contribution in [0.4, 0.5) is 0 Å². The first-order valence-electron chi connectivity index (χ1n) is 12.2. The summed E-state index contributed by atoms with van der Waals surface area (Å²) in [5, 5.41) is 11.2. The number of piperidine rings is 1. The number of likely N-dealkylation sites (tertiary alicyclic amines) is 2. The largest absolute Gasteiger partial charge is 0.507 e. The van der Waals surface area contributed by atoms with Gasteiger partial charge < -0.3 is 14.9 Å². The minimum absolute atomic E-state index is 0.0192. The average Bonchev–Trinajstić information content (AvgIpc) is 3.13. The molecule has 192 valence electrons. The fourth-order valence-electron chi connectivity index (χ4n) is 4.79. The molecule has 0 saturated carbocycles. The lowest BCUT2D eigenvalue weighted by Gasteiger charge is -2.31. The van der Waals surface area contributed by atoms with E-state index in [2.05, 4.69) is 4.90 Å². The molecule has 2 heterocycles. The molecule has 0 unspecified atom stereocenters. The van der Waals surface area contributed by atoms with Crippen molar-refractivity contribution in [3.63, 3.8) is 0 Å². The Morgan fingerprint density at radius 2 is 1.56 bits per heavy atom. The minimum atomic E-state index is -3.64. The van der Waals surface area contributed by atoms with Gasteiger partial charge in [0.1, 0.15) is 5.76 Å². The number of hydrogen-bond donors (Lipinski definition) is 1. The summed E-state index contributed by atoms with van der Waals surface area (Å²) in [4.78, 5) is 30.3. The van der Waals surface area contributed by atoms with E-state index in [-0.39, 0.29) is 21.8 Å². The number of rotatable bonds is 7. The van der Waals surface area contributed by atoms with Crippen molar-refractivity contribution in [1.29, 1.82) is 0 Å². The van der Waals surface area contributed by atoms with E-state index in [1.807, 2.05) is 31.2 Å². The Balaban J connectivity index is 1.72. The predicted octanol–water partition coefficient (Wildman–Crippen LogP) is 3.15. The standard InChI is InChI=1S/C27H33N3O5S/c1-19-7-9-20(10-8-19)24-23(25(31)21-11-13-22(14-12-21)36(34,35)28(2)3)26(32)27(33)30(24)18-17-29-15-5-4-6-16-29/h7-14,24,31H,4-6,15-18H2,1-3H3/b25-23+/t24-/m0/s1. The number of aliphatic hydroxyl groups is 1. The van der Waals surface area contributed by atoms with Gasteiger partial charge in [-0.1, -0.05) is 36.2 Å². The van der Waals surface area contributed by atoms with E-state index < -0.39 is 27.8 Å². The highest BCUT2D eigenvalue weighted by molar-refractivity contribution is 7.89. The van der Waals surface area contributed by atoms with Gasteiger partial charge in [0.05, 0.1) is 16.5 Å². The number of sulfonamides is 1. The summed E-state index contributed by atoms with van der Waals surface area (Å²) in [7, 11) is -0.760. The van der Waals surface area contributed by atoms with E-state index >= 15 is 0 Å². The molecule has 2 aliphatic rings. The Morgan fingerprint density at radius 3 is 2.14 bits per heavy atom. The van der Waals surface area contributed by atoms with Crippen molar-refractivity contribution in [2.24, 2.45) is 0 Å². The molecule has 0 bridgehead atoms. The molecule has 2 aromatic carbocycles. The topological polar surface area (TPSA) is 98.2 Å². The maximum atomic E-state index is 13.2. The SMILES string of the molecule is Cc1ccc([C@H]2/C(=C(\O)c3ccc(S(=O)(=O)N(C)C)cc3)C(=O)C(=O)N2CCN2CCCCC2)cc1. The van der Waals surface area contributed by atoms with Crippen LogP contribution in [-0.2, 0) is 19.6 Å². The van der Waals surface area contributed by atoms with Gasteiger partial charge in [0.2, 0.25) is 10.0 Å². The number of amides is 1. The molecular formula is C27H33N3O5S. The number of Topliss-reactive ketones (excluding diaryl/α,β-unsaturated/α-hetero) is 1. The first-order valence-corrected chi connectivity index (χ1v) is 13.7. The summed E-state index contributed by atoms with van der Waals surface area (Å²) >= 11 is 0. The van der Waals surface area contributed by atoms with Crippen LogP contribution in [0.15, 0.2) is 59.0 Å². The van der Waals surface area contributed by atoms with Crippen molar-refractivity contribution in [3.05, 3.63) is 70.8 Å². The number of benzene rings is 2. The Bertz CT molecular complexity index is 1260. The molecule has 2 fully saturated rings. The molecule has 1 atom stereocenters. The van der Waals surface area contributed by atoms with Gasteiger partial charge in [-0.2, -0.15) is 0 Å². The zero-order valence-corrected chi connectivity index (χ0v) is 21.8. The van der Waals surface area contributed by atoms with Crippen molar-refractivity contribution in [2.75, 3.05) is 40.3 Å². The van der Waals surface area contributed by atoms with Crippen LogP contribution in [0.1, 0.15) is 42.0 Å². The van der Waals surface area contributed by atoms with Crippen LogP contribution in [0.3, 0.4) is 0 Å². The van der Waals surface area contributed by atoms with E-state index in [1.54, 1.807) is 4.90 Å². The Morgan fingerprint density at radius 1 is 0.944 bits per heavy atom. The third kappa shape index (κ3) is 5.09. The number of aliphatic hydroxyl groups excluding tert-OH is 1. The average molecular weight is 512 g/mol. The van der Waals surface area contributed by atoms with Gasteiger partial charge in [-0.05, 0) is 62.7 Å². The molecule has 36 heavy (non-hydrogen) atoms. The summed E-state index contributed by atoms with van der Waals surface area (Å²) < 4.78 is 25.9. The molecular weight excluding hydrogens is 478 g/mol. The highest BCUT2D eigenvalue weighted by Crippen LogP contribution is 2.39. The highest BCUT2D eigenvalue weighted by Gasteiger charge is 2.46. The van der Waals surface area contributed by atoms with Gasteiger partial charge in [0, 0.05) is 32.7 Å². The molecule has 0 radical (unpaired) electrons. The van der Waals surface area contributed by atoms with Crippen LogP contribution >= 0.6 is 0 Å². The van der Waals surface area contributed by atoms with E-state index in [0.29, 0.717) is 13.1 Å². The fraction of sp³-hybridized carbons (Fsp3) is 0.407. The molecule has 2 saturated heterocycles. The van der Waals surface area contributed by atoms with Gasteiger partial charge in [0.15, 0.2) is 0 Å². The van der Waals surface area contributed by atoms with Crippen molar-refractivity contribution in [1.82, 2.24) is 14.1 Å². The molecule has 4 rings (SSSR count). The monoisotopic (exact) mass is 511 g/mol. The summed E-state index contributed by atoms with van der Waals surface area (Å²) in [6.07, 6.45) is 3.46. The molecule has 0 spiro atoms. The molecule has 9 heteroatoms. The maximum absolute atomic E-state index is 13.2. The summed E-state index contributed by atoms with van der Waals surface area (Å²) in [5.74, 6) is -1.68. The molecule has 0 aliphatic carbocycles. The van der Waals surface area contributed by atoms with Crippen LogP contribution < -0.4 is 0 Å². The molecule has 8 nitrogen and oxygen atoms in total. The number of carbonyl (C=O) groups is 2. The second kappa shape index (κ2) is 10.5. The molecule has 2 aromatic rings. The fourth-order valence-corrected chi connectivity index (χ4v) is 5.69. The van der Waals surface area contributed by atoms with Crippen LogP contribution in [0, 0.1) is 6.92 Å². The zero-order valence-electron chi connectivity index (χ0n) is 21.0. The van der Waals surface area contributed by atoms with Crippen LogP contribution in [0.2, 0.25) is 0 Å². The number of nitrogens with zero attached hydrogens (tertiary/aromatic N) is 3. The number of hydrogen-bond acceptors (Lipinski definition) is 6. The highest BCUT2D eigenvalue weighted by atomic mass is 32.2. The zero-order chi connectivity index (χ0) is 26.0. The summed E-state index contributed by atoms with van der Waals surface area (Å²) in [5.41, 5.74) is 2.08. The number of aryl methyl sites for hydroxylation is 1. The second-order valence-electron chi connectivity index (χ2n) is 9.62. The van der Waals surface area contributed by atoms with Crippen LogP contribution in [0.5, 0.6) is 0 Å². The van der Waals surface area contributed by atoms with Gasteiger partial charge in [-0.15, -0.1) is 0 Å². The lowest BCUT2D eigenvalue weighted by Crippen LogP contribution is -2.39. The quantitative estimate of drug-likeness (QED) is 0.348. The third-order valence-corrected chi connectivity index (χ3v) is 8.77. The van der Waals surface area contributed by atoms with E-state index in [1.165, 1.54) is 44.8 Å². The second-order valence-corrected chi connectivity index (χ2v) is 11.8. The van der Waals surface area contributed by atoms with Crippen molar-refractivity contribution < 1.29 is 23.1 Å². The summed E-state index contributed by atoms with van der Waals surface area (Å²) in [6.45, 7) is 4.94. The Hall–Kier alpha value is -3.01. The van der Waals surface area contributed by atoms with E-state index in [9.17, 15) is 23.1 Å². The molecule has 0 aromatic heterocycles. The van der Waals surface area contributed by atoms with Crippen molar-refractivity contribution in [2.45, 2.75) is 37.1 Å². The first kappa shape index (κ1) is 26.1. The smallest absolute Gasteiger partial charge is 0.295 e. The number of carbonyl (C=O) groups excluding carboxylic acids is 2. The lowest BCUT2D eigenvalue weighted by molar-refractivity contribution is -0.140. The molecule has 1 N–H and O–H groups in total. The third-order valence-electron chi connectivity index (χ3n) is 6.95. The number of ketones is 1. The normalized spacial score (nSPS) is 20.9. The molecule has 2 aliphatic heterocycles. The van der Waals surface area contributed by atoms with E-state index in [4.69, 9.17) is 0 Å². The van der Waals surface area contributed by atoms with Crippen molar-refractivity contribution >= 4 is 27.5 Å². The Kier molecular flexibility index (Phi) is 7.63. The lowest BCUT2D eigenvalue weighted by atomic mass is 9.95. The maximum Gasteiger partial charge on any atom is 0.295 e.